The molecule has 0 amide bonds. The third-order valence-corrected chi connectivity index (χ3v) is 2.81. The maximum Gasteiger partial charge on any atom is 0.306 e. The van der Waals surface area contributed by atoms with Gasteiger partial charge in [0.15, 0.2) is 0 Å². The first-order valence-corrected chi connectivity index (χ1v) is 5.09. The smallest absolute Gasteiger partial charge is 0.306 e. The number of carbonyl (C=O) groups is 2. The Kier molecular flexibility index (Phi) is 2.70. The highest BCUT2D eigenvalue weighted by atomic mass is 16.5. The lowest BCUT2D eigenvalue weighted by Gasteiger charge is -2.23. The van der Waals surface area contributed by atoms with E-state index in [-0.39, 0.29) is 18.0 Å². The fourth-order valence-corrected chi connectivity index (χ4v) is 2.06. The number of carbonyl (C=O) groups excluding carboxylic acids is 2. The lowest BCUT2D eigenvalue weighted by Crippen LogP contribution is -2.24. The van der Waals surface area contributed by atoms with Crippen LogP contribution in [0.2, 0.25) is 0 Å². The maximum absolute atomic E-state index is 11.0. The van der Waals surface area contributed by atoms with Gasteiger partial charge in [-0.3, -0.25) is 9.59 Å². The quantitative estimate of drug-likeness (QED) is 0.622. The summed E-state index contributed by atoms with van der Waals surface area (Å²) in [5.41, 5.74) is 0. The van der Waals surface area contributed by atoms with E-state index in [1.54, 1.807) is 0 Å². The molecule has 0 aromatic heterocycles. The van der Waals surface area contributed by atoms with Gasteiger partial charge < -0.3 is 9.47 Å². The second kappa shape index (κ2) is 3.98. The van der Waals surface area contributed by atoms with Crippen LogP contribution in [-0.2, 0) is 19.1 Å². The zero-order valence-corrected chi connectivity index (χ0v) is 8.03. The van der Waals surface area contributed by atoms with Gasteiger partial charge >= 0.3 is 11.9 Å². The SMILES string of the molecule is O=C1CC(CC2CCC(=O)O2)CCO1. The van der Waals surface area contributed by atoms with E-state index in [0.29, 0.717) is 25.4 Å². The van der Waals surface area contributed by atoms with Crippen molar-refractivity contribution in [2.45, 2.75) is 38.2 Å². The van der Waals surface area contributed by atoms with Gasteiger partial charge in [0.1, 0.15) is 6.10 Å². The minimum absolute atomic E-state index is 0.0402. The Morgan fingerprint density at radius 1 is 1.21 bits per heavy atom. The number of hydrogen-bond acceptors (Lipinski definition) is 4. The predicted octanol–water partition coefficient (Wildman–Crippen LogP) is 1.04. The Hall–Kier alpha value is -1.06. The van der Waals surface area contributed by atoms with Crippen LogP contribution in [0.25, 0.3) is 0 Å². The zero-order valence-electron chi connectivity index (χ0n) is 8.03. The van der Waals surface area contributed by atoms with Crippen LogP contribution in [-0.4, -0.2) is 24.6 Å². The summed E-state index contributed by atoms with van der Waals surface area (Å²) in [5, 5.41) is 0. The topological polar surface area (TPSA) is 52.6 Å². The fraction of sp³-hybridized carbons (Fsp3) is 0.800. The highest BCUT2D eigenvalue weighted by Gasteiger charge is 2.29. The largest absolute Gasteiger partial charge is 0.466 e. The maximum atomic E-state index is 11.0. The third kappa shape index (κ3) is 2.25. The number of esters is 2. The summed E-state index contributed by atoms with van der Waals surface area (Å²) in [6.45, 7) is 0.518. The molecule has 4 nitrogen and oxygen atoms in total. The Bertz CT molecular complexity index is 249. The van der Waals surface area contributed by atoms with Crippen molar-refractivity contribution >= 4 is 11.9 Å². The average molecular weight is 198 g/mol. The van der Waals surface area contributed by atoms with Crippen LogP contribution >= 0.6 is 0 Å². The molecule has 2 aliphatic heterocycles. The zero-order chi connectivity index (χ0) is 9.97. The molecule has 2 atom stereocenters. The van der Waals surface area contributed by atoms with Crippen LogP contribution in [0.4, 0.5) is 0 Å². The van der Waals surface area contributed by atoms with E-state index in [9.17, 15) is 9.59 Å². The molecule has 0 radical (unpaired) electrons. The molecule has 4 heteroatoms. The van der Waals surface area contributed by atoms with E-state index in [1.807, 2.05) is 0 Å². The summed E-state index contributed by atoms with van der Waals surface area (Å²) in [4.78, 5) is 21.8. The van der Waals surface area contributed by atoms with Gasteiger partial charge in [-0.05, 0) is 25.2 Å². The molecule has 2 saturated heterocycles. The second-order valence-corrected chi connectivity index (χ2v) is 3.97. The van der Waals surface area contributed by atoms with Crippen LogP contribution < -0.4 is 0 Å². The van der Waals surface area contributed by atoms with E-state index < -0.39 is 0 Å². The minimum atomic E-state index is -0.120. The molecule has 0 spiro atoms. The Morgan fingerprint density at radius 3 is 2.71 bits per heavy atom. The molecule has 78 valence electrons. The van der Waals surface area contributed by atoms with Crippen molar-refractivity contribution in [1.29, 1.82) is 0 Å². The molecular weight excluding hydrogens is 184 g/mol. The van der Waals surface area contributed by atoms with Crippen LogP contribution in [0.3, 0.4) is 0 Å². The first-order chi connectivity index (χ1) is 6.74. The van der Waals surface area contributed by atoms with Gasteiger partial charge in [-0.25, -0.2) is 0 Å². The van der Waals surface area contributed by atoms with Crippen LogP contribution in [0.15, 0.2) is 0 Å². The fourth-order valence-electron chi connectivity index (χ4n) is 2.06. The molecule has 14 heavy (non-hydrogen) atoms. The van der Waals surface area contributed by atoms with Crippen molar-refractivity contribution in [2.24, 2.45) is 5.92 Å². The summed E-state index contributed by atoms with van der Waals surface area (Å²) >= 11 is 0. The van der Waals surface area contributed by atoms with Crippen LogP contribution in [0, 0.1) is 5.92 Å². The first kappa shape index (κ1) is 9.49. The normalized spacial score (nSPS) is 32.6. The number of cyclic esters (lactones) is 2. The number of hydrogen-bond donors (Lipinski definition) is 0. The molecule has 0 aromatic rings. The molecule has 2 rings (SSSR count). The van der Waals surface area contributed by atoms with E-state index in [4.69, 9.17) is 9.47 Å². The van der Waals surface area contributed by atoms with Gasteiger partial charge in [0.05, 0.1) is 6.61 Å². The van der Waals surface area contributed by atoms with Gasteiger partial charge in [0.2, 0.25) is 0 Å². The molecule has 0 bridgehead atoms. The van der Waals surface area contributed by atoms with Crippen molar-refractivity contribution in [3.05, 3.63) is 0 Å². The molecule has 2 fully saturated rings. The summed E-state index contributed by atoms with van der Waals surface area (Å²) in [6.07, 6.45) is 3.58. The standard InChI is InChI=1S/C10H14O4/c11-9-2-1-8(14-9)5-7-3-4-13-10(12)6-7/h7-8H,1-6H2. The van der Waals surface area contributed by atoms with Crippen molar-refractivity contribution in [3.8, 4) is 0 Å². The first-order valence-electron chi connectivity index (χ1n) is 5.09. The molecule has 2 unspecified atom stereocenters. The molecular formula is C10H14O4. The lowest BCUT2D eigenvalue weighted by molar-refractivity contribution is -0.150. The van der Waals surface area contributed by atoms with Gasteiger partial charge in [-0.15, -0.1) is 0 Å². The third-order valence-electron chi connectivity index (χ3n) is 2.81. The molecule has 0 aromatic carbocycles. The summed E-state index contributed by atoms with van der Waals surface area (Å²) in [6, 6.07) is 0. The summed E-state index contributed by atoms with van der Waals surface area (Å²) in [5.74, 6) is 0.117. The number of rotatable bonds is 2. The molecule has 0 aliphatic carbocycles. The van der Waals surface area contributed by atoms with Crippen LogP contribution in [0.5, 0.6) is 0 Å². The van der Waals surface area contributed by atoms with Gasteiger partial charge in [-0.1, -0.05) is 0 Å². The second-order valence-electron chi connectivity index (χ2n) is 3.97. The highest BCUT2D eigenvalue weighted by molar-refractivity contribution is 5.71. The predicted molar refractivity (Wildman–Crippen MR) is 47.4 cm³/mol. The van der Waals surface area contributed by atoms with E-state index in [2.05, 4.69) is 0 Å². The Labute approximate surface area is 82.6 Å². The summed E-state index contributed by atoms with van der Waals surface area (Å²) < 4.78 is 9.96. The molecule has 2 heterocycles. The molecule has 0 saturated carbocycles. The van der Waals surface area contributed by atoms with Gasteiger partial charge in [-0.2, -0.15) is 0 Å². The average Bonchev–Trinajstić information content (AvgIpc) is 2.51. The number of ether oxygens (including phenoxy) is 2. The highest BCUT2D eigenvalue weighted by Crippen LogP contribution is 2.26. The van der Waals surface area contributed by atoms with E-state index in [0.717, 1.165) is 19.3 Å². The molecule has 2 aliphatic rings. The van der Waals surface area contributed by atoms with E-state index >= 15 is 0 Å². The van der Waals surface area contributed by atoms with Gasteiger partial charge in [0, 0.05) is 12.8 Å². The monoisotopic (exact) mass is 198 g/mol. The Morgan fingerprint density at radius 2 is 2.07 bits per heavy atom. The minimum Gasteiger partial charge on any atom is -0.466 e. The Balaban J connectivity index is 1.79. The van der Waals surface area contributed by atoms with Crippen LogP contribution in [0.1, 0.15) is 32.1 Å². The lowest BCUT2D eigenvalue weighted by atomic mass is 9.92. The summed E-state index contributed by atoms with van der Waals surface area (Å²) in [7, 11) is 0. The van der Waals surface area contributed by atoms with Crippen molar-refractivity contribution in [1.82, 2.24) is 0 Å². The molecule has 0 N–H and O–H groups in total. The van der Waals surface area contributed by atoms with E-state index in [1.165, 1.54) is 0 Å². The van der Waals surface area contributed by atoms with Crippen molar-refractivity contribution in [3.63, 3.8) is 0 Å². The van der Waals surface area contributed by atoms with Gasteiger partial charge in [0.25, 0.3) is 0 Å². The van der Waals surface area contributed by atoms with Crippen molar-refractivity contribution < 1.29 is 19.1 Å². The van der Waals surface area contributed by atoms with Crippen molar-refractivity contribution in [2.75, 3.05) is 6.61 Å².